The van der Waals surface area contributed by atoms with Gasteiger partial charge in [0.05, 0.1) is 12.7 Å². The molecule has 0 unspecified atom stereocenters. The standard InChI is InChI=1S/C25H23NO2/c1-18-8-10-21(23(14-18)25(27)28-2)15-20-9-11-24-22(16-20)12-13-26(24)17-19-6-4-3-5-7-19/h3-14,16H,15,17H2,1-2H3. The minimum atomic E-state index is -0.284. The van der Waals surface area contributed by atoms with Crippen molar-refractivity contribution in [3.63, 3.8) is 0 Å². The topological polar surface area (TPSA) is 31.2 Å². The number of fused-ring (bicyclic) bond motifs is 1. The fourth-order valence-corrected chi connectivity index (χ4v) is 3.64. The Balaban J connectivity index is 1.62. The molecule has 0 spiro atoms. The summed E-state index contributed by atoms with van der Waals surface area (Å²) in [7, 11) is 1.43. The summed E-state index contributed by atoms with van der Waals surface area (Å²) in [6.45, 7) is 2.84. The second-order valence-corrected chi connectivity index (χ2v) is 7.15. The van der Waals surface area contributed by atoms with E-state index in [1.807, 2.05) is 31.2 Å². The SMILES string of the molecule is COC(=O)c1cc(C)ccc1Cc1ccc2c(ccn2Cc2ccccc2)c1. The van der Waals surface area contributed by atoms with Crippen LogP contribution in [0, 0.1) is 6.92 Å². The third-order valence-corrected chi connectivity index (χ3v) is 5.10. The van der Waals surface area contributed by atoms with Crippen molar-refractivity contribution in [1.82, 2.24) is 4.57 Å². The molecule has 0 amide bonds. The summed E-state index contributed by atoms with van der Waals surface area (Å²) in [6, 6.07) is 25.1. The van der Waals surface area contributed by atoms with Gasteiger partial charge in [0.15, 0.2) is 0 Å². The largest absolute Gasteiger partial charge is 0.465 e. The van der Waals surface area contributed by atoms with E-state index in [4.69, 9.17) is 4.74 Å². The number of carbonyl (C=O) groups excluding carboxylic acids is 1. The van der Waals surface area contributed by atoms with Crippen LogP contribution in [0.2, 0.25) is 0 Å². The van der Waals surface area contributed by atoms with Gasteiger partial charge < -0.3 is 9.30 Å². The maximum absolute atomic E-state index is 12.1. The number of carbonyl (C=O) groups is 1. The summed E-state index contributed by atoms with van der Waals surface area (Å²) < 4.78 is 7.22. The van der Waals surface area contributed by atoms with Crippen molar-refractivity contribution in [2.45, 2.75) is 19.9 Å². The molecule has 3 aromatic carbocycles. The quantitative estimate of drug-likeness (QED) is 0.443. The van der Waals surface area contributed by atoms with Crippen LogP contribution in [0.25, 0.3) is 10.9 Å². The summed E-state index contributed by atoms with van der Waals surface area (Å²) in [5, 5.41) is 1.21. The average Bonchev–Trinajstić information content (AvgIpc) is 3.11. The molecule has 4 aromatic rings. The Bertz CT molecular complexity index is 1130. The van der Waals surface area contributed by atoms with Crippen molar-refractivity contribution < 1.29 is 9.53 Å². The van der Waals surface area contributed by atoms with Crippen molar-refractivity contribution in [1.29, 1.82) is 0 Å². The number of nitrogens with zero attached hydrogens (tertiary/aromatic N) is 1. The molecule has 0 N–H and O–H groups in total. The van der Waals surface area contributed by atoms with E-state index in [-0.39, 0.29) is 5.97 Å². The Morgan fingerprint density at radius 3 is 2.54 bits per heavy atom. The van der Waals surface area contributed by atoms with Crippen molar-refractivity contribution in [2.75, 3.05) is 7.11 Å². The number of hydrogen-bond acceptors (Lipinski definition) is 2. The molecule has 0 radical (unpaired) electrons. The highest BCUT2D eigenvalue weighted by atomic mass is 16.5. The highest BCUT2D eigenvalue weighted by Gasteiger charge is 2.13. The van der Waals surface area contributed by atoms with Gasteiger partial charge in [-0.1, -0.05) is 54.1 Å². The molecule has 1 aromatic heterocycles. The van der Waals surface area contributed by atoms with Gasteiger partial charge in [-0.25, -0.2) is 4.79 Å². The number of aryl methyl sites for hydroxylation is 1. The van der Waals surface area contributed by atoms with Gasteiger partial charge in [-0.2, -0.15) is 0 Å². The van der Waals surface area contributed by atoms with Crippen molar-refractivity contribution in [3.8, 4) is 0 Å². The lowest BCUT2D eigenvalue weighted by molar-refractivity contribution is 0.0599. The average molecular weight is 369 g/mol. The number of hydrogen-bond donors (Lipinski definition) is 0. The van der Waals surface area contributed by atoms with Crippen molar-refractivity contribution in [2.24, 2.45) is 0 Å². The Hall–Kier alpha value is -3.33. The summed E-state index contributed by atoms with van der Waals surface area (Å²) in [5.74, 6) is -0.284. The highest BCUT2D eigenvalue weighted by Crippen LogP contribution is 2.23. The van der Waals surface area contributed by atoms with Crippen LogP contribution in [-0.4, -0.2) is 17.6 Å². The number of methoxy groups -OCH3 is 1. The number of ether oxygens (including phenoxy) is 1. The van der Waals surface area contributed by atoms with Gasteiger partial charge in [0.1, 0.15) is 0 Å². The van der Waals surface area contributed by atoms with Crippen molar-refractivity contribution >= 4 is 16.9 Å². The van der Waals surface area contributed by atoms with E-state index in [0.717, 1.165) is 17.7 Å². The Kier molecular flexibility index (Phi) is 4.98. The Labute approximate surface area is 165 Å². The number of aromatic nitrogens is 1. The molecule has 0 atom stereocenters. The predicted octanol–water partition coefficient (Wildman–Crippen LogP) is 5.38. The molecule has 0 saturated carbocycles. The summed E-state index contributed by atoms with van der Waals surface area (Å²) >= 11 is 0. The molecule has 0 aliphatic heterocycles. The summed E-state index contributed by atoms with van der Waals surface area (Å²) in [4.78, 5) is 12.1. The normalized spacial score (nSPS) is 10.9. The van der Waals surface area contributed by atoms with Crippen LogP contribution in [-0.2, 0) is 17.7 Å². The molecule has 1 heterocycles. The van der Waals surface area contributed by atoms with E-state index in [0.29, 0.717) is 12.0 Å². The molecule has 0 aliphatic carbocycles. The van der Waals surface area contributed by atoms with E-state index in [1.165, 1.54) is 29.1 Å². The van der Waals surface area contributed by atoms with Crippen molar-refractivity contribution in [3.05, 3.63) is 107 Å². The molecular formula is C25H23NO2. The minimum Gasteiger partial charge on any atom is -0.465 e. The fourth-order valence-electron chi connectivity index (χ4n) is 3.64. The van der Waals surface area contributed by atoms with Gasteiger partial charge in [-0.05, 0) is 59.7 Å². The molecule has 0 bridgehead atoms. The van der Waals surface area contributed by atoms with E-state index in [9.17, 15) is 4.79 Å². The number of benzene rings is 3. The van der Waals surface area contributed by atoms with E-state index < -0.39 is 0 Å². The smallest absolute Gasteiger partial charge is 0.338 e. The first-order valence-corrected chi connectivity index (χ1v) is 9.43. The molecule has 3 nitrogen and oxygen atoms in total. The van der Waals surface area contributed by atoms with Gasteiger partial charge >= 0.3 is 5.97 Å². The molecule has 3 heteroatoms. The first kappa shape index (κ1) is 18.1. The molecule has 140 valence electrons. The van der Waals surface area contributed by atoms with Gasteiger partial charge in [0.25, 0.3) is 0 Å². The fraction of sp³-hybridized carbons (Fsp3) is 0.160. The summed E-state index contributed by atoms with van der Waals surface area (Å²) in [6.07, 6.45) is 2.83. The first-order chi connectivity index (χ1) is 13.6. The van der Waals surface area contributed by atoms with Gasteiger partial charge in [-0.15, -0.1) is 0 Å². The van der Waals surface area contributed by atoms with Crippen LogP contribution in [0.4, 0.5) is 0 Å². The second-order valence-electron chi connectivity index (χ2n) is 7.15. The van der Waals surface area contributed by atoms with Crippen LogP contribution in [0.5, 0.6) is 0 Å². The van der Waals surface area contributed by atoms with Crippen LogP contribution in [0.3, 0.4) is 0 Å². The maximum Gasteiger partial charge on any atom is 0.338 e. The van der Waals surface area contributed by atoms with Crippen LogP contribution >= 0.6 is 0 Å². The molecular weight excluding hydrogens is 346 g/mol. The maximum atomic E-state index is 12.1. The highest BCUT2D eigenvalue weighted by molar-refractivity contribution is 5.91. The molecule has 0 fully saturated rings. The Morgan fingerprint density at radius 1 is 0.929 bits per heavy atom. The zero-order valence-corrected chi connectivity index (χ0v) is 16.2. The lowest BCUT2D eigenvalue weighted by atomic mass is 9.97. The molecule has 0 saturated heterocycles. The lowest BCUT2D eigenvalue weighted by Gasteiger charge is -2.10. The predicted molar refractivity (Wildman–Crippen MR) is 113 cm³/mol. The van der Waals surface area contributed by atoms with Crippen LogP contribution < -0.4 is 0 Å². The van der Waals surface area contributed by atoms with Gasteiger partial charge in [0.2, 0.25) is 0 Å². The zero-order valence-electron chi connectivity index (χ0n) is 16.2. The second kappa shape index (κ2) is 7.73. The van der Waals surface area contributed by atoms with E-state index in [1.54, 1.807) is 0 Å². The van der Waals surface area contributed by atoms with E-state index >= 15 is 0 Å². The molecule has 28 heavy (non-hydrogen) atoms. The molecule has 4 rings (SSSR count). The van der Waals surface area contributed by atoms with E-state index in [2.05, 4.69) is 59.3 Å². The number of rotatable bonds is 5. The lowest BCUT2D eigenvalue weighted by Crippen LogP contribution is -2.06. The summed E-state index contributed by atoms with van der Waals surface area (Å²) in [5.41, 5.74) is 6.36. The van der Waals surface area contributed by atoms with Crippen LogP contribution in [0.15, 0.2) is 79.0 Å². The molecule has 0 aliphatic rings. The third-order valence-electron chi connectivity index (χ3n) is 5.10. The monoisotopic (exact) mass is 369 g/mol. The Morgan fingerprint density at radius 2 is 1.75 bits per heavy atom. The van der Waals surface area contributed by atoms with Gasteiger partial charge in [-0.3, -0.25) is 0 Å². The third kappa shape index (κ3) is 3.70. The minimum absolute atomic E-state index is 0.284. The zero-order chi connectivity index (χ0) is 19.5. The van der Waals surface area contributed by atoms with Gasteiger partial charge in [0, 0.05) is 18.3 Å². The number of esters is 1. The van der Waals surface area contributed by atoms with Crippen LogP contribution in [0.1, 0.15) is 32.6 Å². The first-order valence-electron chi connectivity index (χ1n) is 9.43.